The van der Waals surface area contributed by atoms with E-state index in [1.54, 1.807) is 16.8 Å². The van der Waals surface area contributed by atoms with Crippen LogP contribution in [0.15, 0.2) is 48.8 Å². The van der Waals surface area contributed by atoms with E-state index in [1.807, 2.05) is 30.3 Å². The molecule has 0 fully saturated rings. The van der Waals surface area contributed by atoms with Gasteiger partial charge in [-0.25, -0.2) is 4.52 Å². The molecule has 0 radical (unpaired) electrons. The normalized spacial score (nSPS) is 11.2. The lowest BCUT2D eigenvalue weighted by Gasteiger charge is -2.03. The zero-order valence-corrected chi connectivity index (χ0v) is 10.8. The van der Waals surface area contributed by atoms with Gasteiger partial charge in [-0.1, -0.05) is 30.3 Å². The van der Waals surface area contributed by atoms with E-state index in [0.717, 1.165) is 11.1 Å². The van der Waals surface area contributed by atoms with Crippen molar-refractivity contribution in [3.63, 3.8) is 0 Å². The summed E-state index contributed by atoms with van der Waals surface area (Å²) in [4.78, 5) is 0. The maximum Gasteiger partial charge on any atom is 0.190 e. The summed E-state index contributed by atoms with van der Waals surface area (Å²) >= 11 is 0. The van der Waals surface area contributed by atoms with Crippen LogP contribution < -0.4 is 5.49 Å². The Balaban J connectivity index is 2.10. The molecule has 0 spiro atoms. The van der Waals surface area contributed by atoms with Gasteiger partial charge in [0.15, 0.2) is 16.7 Å². The van der Waals surface area contributed by atoms with Gasteiger partial charge in [-0.2, -0.15) is 9.83 Å². The molecular weight excluding hydrogens is 268 g/mol. The molecule has 0 aliphatic heterocycles. The zero-order chi connectivity index (χ0) is 14.4. The lowest BCUT2D eigenvalue weighted by Crippen LogP contribution is -2.19. The molecular formula is C14H10N6O. The number of hydrogen-bond donors (Lipinski definition) is 2. The first-order chi connectivity index (χ1) is 10.3. The summed E-state index contributed by atoms with van der Waals surface area (Å²) in [6.45, 7) is 0. The Bertz CT molecular complexity index is 1020. The van der Waals surface area contributed by atoms with Crippen LogP contribution in [-0.2, 0) is 0 Å². The predicted octanol–water partition coefficient (Wildman–Crippen LogP) is 1.46. The molecule has 0 amide bonds. The Morgan fingerprint density at radius 3 is 2.67 bits per heavy atom. The summed E-state index contributed by atoms with van der Waals surface area (Å²) in [6.07, 6.45) is 3.11. The second kappa shape index (κ2) is 4.14. The summed E-state index contributed by atoms with van der Waals surface area (Å²) in [7, 11) is 0. The largest absolute Gasteiger partial charge is 0.427 e. The fraction of sp³-hybridized carbons (Fsp3) is 0. The molecule has 0 aliphatic carbocycles. The van der Waals surface area contributed by atoms with Gasteiger partial charge in [-0.15, -0.1) is 10.2 Å². The number of nitrogens with zero attached hydrogens (tertiary/aromatic N) is 5. The minimum Gasteiger partial charge on any atom is -0.427 e. The van der Waals surface area contributed by atoms with Crippen LogP contribution in [0.25, 0.3) is 27.8 Å². The maximum atomic E-state index is 9.50. The Kier molecular flexibility index (Phi) is 2.28. The van der Waals surface area contributed by atoms with Crippen molar-refractivity contribution in [2.24, 2.45) is 0 Å². The van der Waals surface area contributed by atoms with Crippen LogP contribution in [0.4, 0.5) is 0 Å². The van der Waals surface area contributed by atoms with Gasteiger partial charge in [0, 0.05) is 11.8 Å². The number of nitrogens with one attached hydrogen (secondary N) is 1. The van der Waals surface area contributed by atoms with Crippen LogP contribution in [-0.4, -0.2) is 29.7 Å². The topological polar surface area (TPSA) is 92.1 Å². The lowest BCUT2D eigenvalue weighted by atomic mass is 10.1. The molecule has 0 bridgehead atoms. The Hall–Kier alpha value is -3.22. The first-order valence-electron chi connectivity index (χ1n) is 6.31. The van der Waals surface area contributed by atoms with Crippen LogP contribution in [0, 0.1) is 5.41 Å². The summed E-state index contributed by atoms with van der Waals surface area (Å²) in [5.41, 5.74) is 3.27. The Labute approximate surface area is 118 Å². The summed E-state index contributed by atoms with van der Waals surface area (Å²) in [5.74, 6) is 0. The smallest absolute Gasteiger partial charge is 0.190 e. The van der Waals surface area contributed by atoms with Crippen molar-refractivity contribution in [1.82, 2.24) is 24.5 Å². The van der Waals surface area contributed by atoms with E-state index in [2.05, 4.69) is 15.3 Å². The first-order valence-corrected chi connectivity index (χ1v) is 6.31. The molecule has 7 nitrogen and oxygen atoms in total. The highest BCUT2D eigenvalue weighted by Gasteiger charge is 2.12. The molecule has 21 heavy (non-hydrogen) atoms. The van der Waals surface area contributed by atoms with Crippen molar-refractivity contribution >= 4 is 16.7 Å². The van der Waals surface area contributed by atoms with Gasteiger partial charge in [-0.05, 0) is 11.6 Å². The van der Waals surface area contributed by atoms with Crippen LogP contribution in [0.3, 0.4) is 0 Å². The second-order valence-electron chi connectivity index (χ2n) is 4.60. The zero-order valence-electron chi connectivity index (χ0n) is 10.8. The van der Waals surface area contributed by atoms with E-state index in [1.165, 1.54) is 6.20 Å². The van der Waals surface area contributed by atoms with Crippen molar-refractivity contribution in [3.05, 3.63) is 54.3 Å². The monoisotopic (exact) mass is 278 g/mol. The highest BCUT2D eigenvalue weighted by Crippen LogP contribution is 2.23. The van der Waals surface area contributed by atoms with Crippen LogP contribution >= 0.6 is 0 Å². The Morgan fingerprint density at radius 1 is 1.05 bits per heavy atom. The SMILES string of the molecule is N=c1c2nnc3c(-c4ccccc4)cnn3c2ccn1O. The molecule has 3 aromatic heterocycles. The molecule has 3 heterocycles. The minimum absolute atomic E-state index is 0.126. The molecule has 4 aromatic rings. The number of benzene rings is 1. The molecule has 1 aromatic carbocycles. The van der Waals surface area contributed by atoms with Gasteiger partial charge in [0.1, 0.15) is 5.52 Å². The predicted molar refractivity (Wildman–Crippen MR) is 74.8 cm³/mol. The number of aromatic nitrogens is 5. The van der Waals surface area contributed by atoms with Gasteiger partial charge in [-0.3, -0.25) is 5.41 Å². The molecule has 0 saturated carbocycles. The summed E-state index contributed by atoms with van der Waals surface area (Å²) in [6, 6.07) is 11.4. The van der Waals surface area contributed by atoms with Crippen LogP contribution in [0.1, 0.15) is 0 Å². The van der Waals surface area contributed by atoms with Crippen molar-refractivity contribution in [3.8, 4) is 11.1 Å². The number of pyridine rings is 1. The highest BCUT2D eigenvalue weighted by molar-refractivity contribution is 5.82. The third kappa shape index (κ3) is 1.61. The molecule has 2 N–H and O–H groups in total. The summed E-state index contributed by atoms with van der Waals surface area (Å²) in [5, 5.41) is 29.8. The van der Waals surface area contributed by atoms with Gasteiger partial charge in [0.2, 0.25) is 0 Å². The average Bonchev–Trinajstić information content (AvgIpc) is 2.96. The number of rotatable bonds is 1. The van der Waals surface area contributed by atoms with E-state index < -0.39 is 0 Å². The number of hydrogen-bond acceptors (Lipinski definition) is 5. The van der Waals surface area contributed by atoms with Gasteiger partial charge < -0.3 is 5.21 Å². The van der Waals surface area contributed by atoms with Gasteiger partial charge in [0.05, 0.1) is 6.20 Å². The van der Waals surface area contributed by atoms with Crippen molar-refractivity contribution in [2.75, 3.05) is 0 Å². The standard InChI is InChI=1S/C14H10N6O/c15-13-12-11(6-7-19(13)21)20-14(18-17-12)10(8-16-20)9-4-2-1-3-5-9/h1-8,15,21H. The molecule has 0 unspecified atom stereocenters. The molecule has 0 aliphatic rings. The van der Waals surface area contributed by atoms with Gasteiger partial charge in [0.25, 0.3) is 0 Å². The molecule has 7 heteroatoms. The van der Waals surface area contributed by atoms with Crippen molar-refractivity contribution < 1.29 is 5.21 Å². The third-order valence-electron chi connectivity index (χ3n) is 3.37. The number of fused-ring (bicyclic) bond motifs is 3. The van der Waals surface area contributed by atoms with Crippen molar-refractivity contribution in [2.45, 2.75) is 0 Å². The van der Waals surface area contributed by atoms with E-state index in [9.17, 15) is 5.21 Å². The lowest BCUT2D eigenvalue weighted by molar-refractivity contribution is 0.172. The average molecular weight is 278 g/mol. The van der Waals surface area contributed by atoms with Crippen molar-refractivity contribution in [1.29, 1.82) is 5.41 Å². The molecule has 102 valence electrons. The highest BCUT2D eigenvalue weighted by atomic mass is 16.5. The van der Waals surface area contributed by atoms with Crippen LogP contribution in [0.2, 0.25) is 0 Å². The van der Waals surface area contributed by atoms with E-state index >= 15 is 0 Å². The second-order valence-corrected chi connectivity index (χ2v) is 4.60. The van der Waals surface area contributed by atoms with E-state index in [4.69, 9.17) is 5.41 Å². The molecule has 0 saturated heterocycles. The van der Waals surface area contributed by atoms with E-state index in [-0.39, 0.29) is 11.0 Å². The maximum absolute atomic E-state index is 9.50. The quantitative estimate of drug-likeness (QED) is 0.516. The van der Waals surface area contributed by atoms with Gasteiger partial charge >= 0.3 is 0 Å². The molecule has 0 atom stereocenters. The summed E-state index contributed by atoms with van der Waals surface area (Å²) < 4.78 is 2.33. The Morgan fingerprint density at radius 2 is 1.86 bits per heavy atom. The van der Waals surface area contributed by atoms with E-state index in [0.29, 0.717) is 15.9 Å². The fourth-order valence-corrected chi connectivity index (χ4v) is 2.33. The molecule has 4 rings (SSSR count). The minimum atomic E-state index is -0.126. The van der Waals surface area contributed by atoms with Crippen LogP contribution in [0.5, 0.6) is 0 Å². The fourth-order valence-electron chi connectivity index (χ4n) is 2.33. The third-order valence-corrected chi connectivity index (χ3v) is 3.37. The first kappa shape index (κ1) is 11.6.